The first-order valence-electron chi connectivity index (χ1n) is 19.6. The van der Waals surface area contributed by atoms with Gasteiger partial charge in [0.05, 0.1) is 26.4 Å². The number of unbranched alkanes of at least 4 members (excludes halogenated alkanes) is 1. The molecular formula is C44H65NO12. The highest BCUT2D eigenvalue weighted by Crippen LogP contribution is 2.40. The molecule has 3 unspecified atom stereocenters. The van der Waals surface area contributed by atoms with Crippen LogP contribution in [-0.2, 0) is 9.47 Å². The lowest BCUT2D eigenvalue weighted by Gasteiger charge is -2.38. The Morgan fingerprint density at radius 3 is 1.58 bits per heavy atom. The number of aliphatic hydroxyl groups is 3. The van der Waals surface area contributed by atoms with Crippen LogP contribution in [0.2, 0.25) is 0 Å². The number of esters is 2. The fraction of sp³-hybridized carbons (Fsp3) is 0.523. The van der Waals surface area contributed by atoms with Gasteiger partial charge < -0.3 is 45.2 Å². The SMILES string of the molecule is CC1CC(OC(=O)c2ccccc2O)CC(C)(C)C1.CCCCC(CC)COC(=O)c1ccccc1O.O=C(O)c1ccccc1O.OCCN(CCO)CCO. The molecule has 0 amide bonds. The van der Waals surface area contributed by atoms with Gasteiger partial charge in [0.25, 0.3) is 0 Å². The number of rotatable bonds is 16. The molecule has 0 saturated heterocycles. The van der Waals surface area contributed by atoms with Gasteiger partial charge in [0, 0.05) is 19.6 Å². The predicted octanol–water partition coefficient (Wildman–Crippen LogP) is 6.88. The van der Waals surface area contributed by atoms with Gasteiger partial charge in [0.15, 0.2) is 0 Å². The third-order valence-corrected chi connectivity index (χ3v) is 9.24. The summed E-state index contributed by atoms with van der Waals surface area (Å²) in [7, 11) is 0. The Bertz CT molecular complexity index is 1580. The first-order chi connectivity index (χ1) is 27.1. The molecule has 57 heavy (non-hydrogen) atoms. The number of hydrogen-bond acceptors (Lipinski definition) is 12. The van der Waals surface area contributed by atoms with Crippen LogP contribution in [0.15, 0.2) is 72.8 Å². The van der Waals surface area contributed by atoms with Crippen LogP contribution in [0.1, 0.15) is 111 Å². The summed E-state index contributed by atoms with van der Waals surface area (Å²) >= 11 is 0. The summed E-state index contributed by atoms with van der Waals surface area (Å²) in [5, 5.41) is 62.0. The van der Waals surface area contributed by atoms with E-state index in [1.54, 1.807) is 53.4 Å². The molecule has 0 spiro atoms. The average molecular weight is 800 g/mol. The van der Waals surface area contributed by atoms with Crippen molar-refractivity contribution in [2.75, 3.05) is 46.1 Å². The van der Waals surface area contributed by atoms with E-state index in [1.807, 2.05) is 0 Å². The molecule has 7 N–H and O–H groups in total. The Balaban J connectivity index is 0.000000397. The van der Waals surface area contributed by atoms with E-state index in [0.717, 1.165) is 44.9 Å². The maximum absolute atomic E-state index is 12.1. The second-order valence-corrected chi connectivity index (χ2v) is 14.8. The zero-order valence-corrected chi connectivity index (χ0v) is 34.2. The van der Waals surface area contributed by atoms with Gasteiger partial charge in [-0.1, -0.05) is 90.3 Å². The zero-order chi connectivity index (χ0) is 42.8. The van der Waals surface area contributed by atoms with Crippen LogP contribution in [0.5, 0.6) is 17.2 Å². The van der Waals surface area contributed by atoms with Crippen molar-refractivity contribution in [3.63, 3.8) is 0 Å². The largest absolute Gasteiger partial charge is 0.507 e. The van der Waals surface area contributed by atoms with E-state index in [2.05, 4.69) is 34.6 Å². The second-order valence-electron chi connectivity index (χ2n) is 14.8. The molecule has 0 bridgehead atoms. The highest BCUT2D eigenvalue weighted by atomic mass is 16.5. The number of carbonyl (C=O) groups excluding carboxylic acids is 2. The maximum atomic E-state index is 12.1. The molecule has 1 aliphatic rings. The van der Waals surface area contributed by atoms with Gasteiger partial charge in [-0.2, -0.15) is 0 Å². The lowest BCUT2D eigenvalue weighted by atomic mass is 9.71. The predicted molar refractivity (Wildman–Crippen MR) is 219 cm³/mol. The average Bonchev–Trinajstić information content (AvgIpc) is 3.15. The van der Waals surface area contributed by atoms with Crippen molar-refractivity contribution in [2.24, 2.45) is 17.3 Å². The summed E-state index contributed by atoms with van der Waals surface area (Å²) in [6, 6.07) is 18.8. The van der Waals surface area contributed by atoms with E-state index in [-0.39, 0.29) is 65.3 Å². The van der Waals surface area contributed by atoms with Crippen LogP contribution in [-0.4, -0.2) is 111 Å². The van der Waals surface area contributed by atoms with E-state index < -0.39 is 17.9 Å². The minimum Gasteiger partial charge on any atom is -0.507 e. The molecule has 0 radical (unpaired) electrons. The van der Waals surface area contributed by atoms with Gasteiger partial charge in [-0.3, -0.25) is 4.90 Å². The Morgan fingerprint density at radius 1 is 0.737 bits per heavy atom. The summed E-state index contributed by atoms with van der Waals surface area (Å²) in [6.07, 6.45) is 7.31. The van der Waals surface area contributed by atoms with Gasteiger partial charge in [0.2, 0.25) is 0 Å². The van der Waals surface area contributed by atoms with Gasteiger partial charge in [0.1, 0.15) is 40.0 Å². The molecule has 1 fully saturated rings. The van der Waals surface area contributed by atoms with Crippen LogP contribution in [0.25, 0.3) is 0 Å². The standard InChI is InChI=1S/C16H22O3.C15H22O3.C7H6O3.C6H15NO3/c1-11-8-12(10-16(2,3)9-11)19-15(18)13-6-4-5-7-14(13)17;1-3-5-8-12(4-2)11-18-15(17)13-9-6-7-10-14(13)16;8-6-4-2-1-3-5(6)7(9)10;8-4-1-7(2-5-9)3-6-10/h4-7,11-12,17H,8-10H2,1-3H3;6-7,9-10,12,16H,3-5,8,11H2,1-2H3;1-4,8H,(H,9,10);8-10H,1-6H2. The van der Waals surface area contributed by atoms with E-state index in [0.29, 0.717) is 38.1 Å². The summed E-state index contributed by atoms with van der Waals surface area (Å²) < 4.78 is 10.8. The van der Waals surface area contributed by atoms with Crippen molar-refractivity contribution in [3.05, 3.63) is 89.5 Å². The molecule has 3 aromatic rings. The Kier molecular flexibility index (Phi) is 24.6. The van der Waals surface area contributed by atoms with Gasteiger partial charge in [-0.25, -0.2) is 14.4 Å². The molecule has 3 aromatic carbocycles. The van der Waals surface area contributed by atoms with Crippen molar-refractivity contribution >= 4 is 17.9 Å². The van der Waals surface area contributed by atoms with Crippen LogP contribution in [0.4, 0.5) is 0 Å². The number of ether oxygens (including phenoxy) is 2. The summed E-state index contributed by atoms with van der Waals surface area (Å²) in [6.45, 7) is 13.1. The Morgan fingerprint density at radius 2 is 1.19 bits per heavy atom. The molecule has 0 aliphatic heterocycles. The fourth-order valence-corrected chi connectivity index (χ4v) is 6.44. The number of benzene rings is 3. The fourth-order valence-electron chi connectivity index (χ4n) is 6.44. The number of hydrogen-bond donors (Lipinski definition) is 7. The number of carbonyl (C=O) groups is 3. The number of phenolic OH excluding ortho intramolecular Hbond substituents is 2. The molecule has 3 atom stereocenters. The van der Waals surface area contributed by atoms with E-state index in [9.17, 15) is 24.6 Å². The number of aromatic carboxylic acids is 1. The first kappa shape index (κ1) is 50.3. The molecular weight excluding hydrogens is 734 g/mol. The normalized spacial score (nSPS) is 15.9. The van der Waals surface area contributed by atoms with E-state index in [1.165, 1.54) is 24.3 Å². The quantitative estimate of drug-likeness (QED) is 0.0737. The van der Waals surface area contributed by atoms with Gasteiger partial charge >= 0.3 is 17.9 Å². The van der Waals surface area contributed by atoms with E-state index >= 15 is 0 Å². The lowest BCUT2D eigenvalue weighted by molar-refractivity contribution is -0.00739. The Labute approximate surface area is 337 Å². The number of carboxylic acid groups (broad SMARTS) is 1. The third-order valence-electron chi connectivity index (χ3n) is 9.24. The number of para-hydroxylation sites is 3. The lowest BCUT2D eigenvalue weighted by Crippen LogP contribution is -2.34. The monoisotopic (exact) mass is 799 g/mol. The number of aliphatic hydroxyl groups excluding tert-OH is 3. The van der Waals surface area contributed by atoms with E-state index in [4.69, 9.17) is 35.0 Å². The highest BCUT2D eigenvalue weighted by Gasteiger charge is 2.34. The number of nitrogens with zero attached hydrogens (tertiary/aromatic N) is 1. The molecule has 1 saturated carbocycles. The summed E-state index contributed by atoms with van der Waals surface area (Å²) in [5.74, 6) is -1.24. The molecule has 0 aromatic heterocycles. The molecule has 0 heterocycles. The molecule has 318 valence electrons. The third kappa shape index (κ3) is 20.3. The van der Waals surface area contributed by atoms with Crippen molar-refractivity contribution in [1.29, 1.82) is 0 Å². The molecule has 1 aliphatic carbocycles. The molecule has 4 rings (SSSR count). The molecule has 13 heteroatoms. The van der Waals surface area contributed by atoms with Crippen molar-refractivity contribution in [1.82, 2.24) is 4.90 Å². The van der Waals surface area contributed by atoms with Crippen molar-refractivity contribution < 1.29 is 59.6 Å². The summed E-state index contributed by atoms with van der Waals surface area (Å²) in [5.41, 5.74) is 0.630. The number of aromatic hydroxyl groups is 3. The zero-order valence-electron chi connectivity index (χ0n) is 34.2. The number of carboxylic acids is 1. The molecule has 13 nitrogen and oxygen atoms in total. The van der Waals surface area contributed by atoms with Gasteiger partial charge in [-0.05, 0) is 79.3 Å². The minimum atomic E-state index is -1.11. The highest BCUT2D eigenvalue weighted by molar-refractivity contribution is 5.93. The topological polar surface area (TPSA) is 215 Å². The van der Waals surface area contributed by atoms with Crippen LogP contribution in [0.3, 0.4) is 0 Å². The van der Waals surface area contributed by atoms with Crippen LogP contribution < -0.4 is 0 Å². The van der Waals surface area contributed by atoms with Crippen molar-refractivity contribution in [3.8, 4) is 17.2 Å². The minimum absolute atomic E-state index is 0.0179. The number of phenols is 3. The van der Waals surface area contributed by atoms with Crippen LogP contribution >= 0.6 is 0 Å². The summed E-state index contributed by atoms with van der Waals surface area (Å²) in [4.78, 5) is 35.9. The van der Waals surface area contributed by atoms with Crippen LogP contribution in [0, 0.1) is 17.3 Å². The smallest absolute Gasteiger partial charge is 0.342 e. The first-order valence-corrected chi connectivity index (χ1v) is 19.6. The maximum Gasteiger partial charge on any atom is 0.342 e. The Hall–Kier alpha value is -4.69. The second kappa shape index (κ2) is 27.8. The van der Waals surface area contributed by atoms with Crippen molar-refractivity contribution in [2.45, 2.75) is 85.7 Å². The van der Waals surface area contributed by atoms with Gasteiger partial charge in [-0.15, -0.1) is 0 Å².